The van der Waals surface area contributed by atoms with Gasteiger partial charge in [0.05, 0.1) is 0 Å². The molecule has 0 aromatic heterocycles. The van der Waals surface area contributed by atoms with Crippen molar-refractivity contribution in [1.29, 1.82) is 0 Å². The van der Waals surface area contributed by atoms with E-state index in [2.05, 4.69) is 4.99 Å². The van der Waals surface area contributed by atoms with Crippen molar-refractivity contribution in [1.82, 2.24) is 14.7 Å². The van der Waals surface area contributed by atoms with Gasteiger partial charge in [-0.15, -0.1) is 0 Å². The average molecular weight is 238 g/mol. The molecule has 17 heavy (non-hydrogen) atoms. The number of fused-ring (bicyclic) bond motifs is 1. The van der Waals surface area contributed by atoms with E-state index in [0.29, 0.717) is 12.5 Å². The van der Waals surface area contributed by atoms with E-state index in [1.807, 2.05) is 23.6 Å². The first-order valence-electron chi connectivity index (χ1n) is 5.30. The number of imide groups is 1. The summed E-state index contributed by atoms with van der Waals surface area (Å²) in [7, 11) is 6.95. The Labute approximate surface area is 99.6 Å². The number of hydrogen-bond acceptors (Lipinski definition) is 4. The average Bonchev–Trinajstić information content (AvgIpc) is 2.66. The van der Waals surface area contributed by atoms with Crippen LogP contribution in [0.15, 0.2) is 4.99 Å². The van der Waals surface area contributed by atoms with Crippen molar-refractivity contribution in [3.05, 3.63) is 0 Å². The van der Waals surface area contributed by atoms with Gasteiger partial charge in [0, 0.05) is 14.1 Å². The molecule has 7 heteroatoms. The first kappa shape index (κ1) is 11.7. The highest BCUT2D eigenvalue weighted by Crippen LogP contribution is 2.16. The van der Waals surface area contributed by atoms with Gasteiger partial charge in [0.2, 0.25) is 0 Å². The van der Waals surface area contributed by atoms with Gasteiger partial charge in [-0.25, -0.2) is 9.37 Å². The zero-order valence-corrected chi connectivity index (χ0v) is 10.4. The van der Waals surface area contributed by atoms with Crippen molar-refractivity contribution in [3.8, 4) is 0 Å². The molecule has 0 bridgehead atoms. The predicted molar refractivity (Wildman–Crippen MR) is 62.0 cm³/mol. The molecule has 2 rings (SSSR count). The molecule has 1 unspecified atom stereocenters. The van der Waals surface area contributed by atoms with Crippen molar-refractivity contribution in [2.45, 2.75) is 6.04 Å². The lowest BCUT2D eigenvalue weighted by molar-refractivity contribution is -0.549. The Morgan fingerprint density at radius 3 is 2.59 bits per heavy atom. The normalized spacial score (nSPS) is 24.2. The fraction of sp³-hybridized carbons (Fsp3) is 0.600. The van der Waals surface area contributed by atoms with Crippen LogP contribution in [-0.2, 0) is 4.79 Å². The highest BCUT2D eigenvalue weighted by molar-refractivity contribution is 6.21. The van der Waals surface area contributed by atoms with Crippen LogP contribution in [0.2, 0.25) is 0 Å². The number of rotatable bonds is 2. The Morgan fingerprint density at radius 2 is 2.00 bits per heavy atom. The Morgan fingerprint density at radius 1 is 1.35 bits per heavy atom. The second-order valence-electron chi connectivity index (χ2n) is 4.48. The maximum absolute atomic E-state index is 12.1. The molecular formula is C10H16N5O2+. The number of carbonyl (C=O) groups excluding carboxylic acids is 2. The van der Waals surface area contributed by atoms with Crippen LogP contribution < -0.4 is 0 Å². The topological polar surface area (TPSA) is 59.2 Å². The predicted octanol–water partition coefficient (Wildman–Crippen LogP) is -1.15. The highest BCUT2D eigenvalue weighted by atomic mass is 16.2. The summed E-state index contributed by atoms with van der Waals surface area (Å²) < 4.78 is 1.82. The van der Waals surface area contributed by atoms with Crippen molar-refractivity contribution < 1.29 is 14.2 Å². The van der Waals surface area contributed by atoms with Gasteiger partial charge in [-0.3, -0.25) is 19.5 Å². The molecule has 2 aliphatic heterocycles. The molecule has 0 aliphatic carbocycles. The Kier molecular flexibility index (Phi) is 2.70. The third-order valence-electron chi connectivity index (χ3n) is 2.84. The fourth-order valence-electron chi connectivity index (χ4n) is 1.99. The summed E-state index contributed by atoms with van der Waals surface area (Å²) in [5, 5.41) is 0. The zero-order chi connectivity index (χ0) is 12.7. The first-order valence-corrected chi connectivity index (χ1v) is 5.30. The number of hydrogen-bond donors (Lipinski definition) is 0. The SMILES string of the molecule is CN(C)C[N+]1=CN=C2C1C(=O)N(C)C(=O)N2C. The van der Waals surface area contributed by atoms with Crippen molar-refractivity contribution in [2.75, 3.05) is 34.9 Å². The molecule has 1 fully saturated rings. The third-order valence-corrected chi connectivity index (χ3v) is 2.84. The molecule has 1 atom stereocenters. The van der Waals surface area contributed by atoms with Gasteiger partial charge < -0.3 is 0 Å². The lowest BCUT2D eigenvalue weighted by Gasteiger charge is -2.31. The number of aliphatic imine (C=N–C) groups is 1. The van der Waals surface area contributed by atoms with Gasteiger partial charge in [0.25, 0.3) is 24.1 Å². The van der Waals surface area contributed by atoms with Gasteiger partial charge in [0.1, 0.15) is 6.67 Å². The maximum Gasteiger partial charge on any atom is 0.333 e. The molecule has 3 amide bonds. The lowest BCUT2D eigenvalue weighted by Crippen LogP contribution is -2.62. The minimum atomic E-state index is -0.481. The van der Waals surface area contributed by atoms with Crippen LogP contribution in [0, 0.1) is 0 Å². The van der Waals surface area contributed by atoms with Crippen LogP contribution in [0.1, 0.15) is 0 Å². The quantitative estimate of drug-likeness (QED) is 0.571. The van der Waals surface area contributed by atoms with E-state index in [-0.39, 0.29) is 11.9 Å². The van der Waals surface area contributed by atoms with E-state index in [4.69, 9.17) is 0 Å². The van der Waals surface area contributed by atoms with E-state index in [9.17, 15) is 9.59 Å². The second-order valence-corrected chi connectivity index (χ2v) is 4.48. The first-order chi connectivity index (χ1) is 7.93. The molecule has 0 radical (unpaired) electrons. The zero-order valence-electron chi connectivity index (χ0n) is 10.4. The third kappa shape index (κ3) is 1.72. The largest absolute Gasteiger partial charge is 0.333 e. The number of likely N-dealkylation sites (N-methyl/N-ethyl adjacent to an activating group) is 2. The van der Waals surface area contributed by atoms with Crippen molar-refractivity contribution in [2.24, 2.45) is 4.99 Å². The maximum atomic E-state index is 12.1. The minimum absolute atomic E-state index is 0.234. The summed E-state index contributed by atoms with van der Waals surface area (Å²) in [5.74, 6) is 0.266. The summed E-state index contributed by atoms with van der Waals surface area (Å²) in [6.45, 7) is 0.583. The molecule has 0 aromatic carbocycles. The fourth-order valence-corrected chi connectivity index (χ4v) is 1.99. The minimum Gasteiger partial charge on any atom is -0.274 e. The van der Waals surface area contributed by atoms with Gasteiger partial charge in [-0.2, -0.15) is 0 Å². The smallest absolute Gasteiger partial charge is 0.274 e. The summed E-state index contributed by atoms with van der Waals surface area (Å²) in [6, 6.07) is -0.824. The standard InChI is InChI=1S/C10H16N5O2/c1-12(2)6-15-5-11-8-7(15)9(16)14(4)10(17)13(8)3/h5,7H,6H2,1-4H3/q+1. The van der Waals surface area contributed by atoms with Crippen LogP contribution in [0.25, 0.3) is 0 Å². The molecule has 0 saturated carbocycles. The van der Waals surface area contributed by atoms with Gasteiger partial charge in [0.15, 0.2) is 0 Å². The van der Waals surface area contributed by atoms with E-state index in [1.165, 1.54) is 11.9 Å². The van der Waals surface area contributed by atoms with Crippen LogP contribution in [0.3, 0.4) is 0 Å². The highest BCUT2D eigenvalue weighted by Gasteiger charge is 2.50. The summed E-state index contributed by atoms with van der Waals surface area (Å²) in [5.41, 5.74) is 0. The lowest BCUT2D eigenvalue weighted by atomic mass is 10.2. The van der Waals surface area contributed by atoms with E-state index >= 15 is 0 Å². The van der Waals surface area contributed by atoms with Gasteiger partial charge in [-0.1, -0.05) is 0 Å². The summed E-state index contributed by atoms with van der Waals surface area (Å²) in [4.78, 5) is 32.4. The summed E-state index contributed by atoms with van der Waals surface area (Å²) >= 11 is 0. The summed E-state index contributed by atoms with van der Waals surface area (Å²) in [6.07, 6.45) is 1.61. The molecule has 0 spiro atoms. The number of carbonyl (C=O) groups is 2. The molecule has 7 nitrogen and oxygen atoms in total. The number of amides is 3. The second kappa shape index (κ2) is 3.92. The molecule has 92 valence electrons. The number of urea groups is 1. The Hall–Kier alpha value is -1.76. The molecule has 0 N–H and O–H groups in total. The van der Waals surface area contributed by atoms with Crippen molar-refractivity contribution in [3.63, 3.8) is 0 Å². The molecule has 0 aromatic rings. The van der Waals surface area contributed by atoms with Crippen molar-refractivity contribution >= 4 is 24.1 Å². The number of amidine groups is 1. The van der Waals surface area contributed by atoms with E-state index in [0.717, 1.165) is 4.90 Å². The monoisotopic (exact) mass is 238 g/mol. The Bertz CT molecular complexity index is 440. The Balaban J connectivity index is 2.29. The van der Waals surface area contributed by atoms with Crippen LogP contribution >= 0.6 is 0 Å². The van der Waals surface area contributed by atoms with Crippen LogP contribution in [0.4, 0.5) is 4.79 Å². The van der Waals surface area contributed by atoms with E-state index < -0.39 is 6.04 Å². The molecular weight excluding hydrogens is 222 g/mol. The van der Waals surface area contributed by atoms with Crippen LogP contribution in [-0.4, -0.2) is 84.3 Å². The molecule has 1 saturated heterocycles. The van der Waals surface area contributed by atoms with Crippen LogP contribution in [0.5, 0.6) is 0 Å². The molecule has 2 aliphatic rings. The van der Waals surface area contributed by atoms with Gasteiger partial charge >= 0.3 is 6.03 Å². The van der Waals surface area contributed by atoms with Gasteiger partial charge in [-0.05, 0) is 19.1 Å². The molecule has 2 heterocycles. The number of nitrogens with zero attached hydrogens (tertiary/aromatic N) is 5. The van der Waals surface area contributed by atoms with E-state index in [1.54, 1.807) is 13.4 Å².